The first-order valence-corrected chi connectivity index (χ1v) is 12.1. The zero-order valence-corrected chi connectivity index (χ0v) is 21.6. The Bertz CT molecular complexity index is 1280. The molecule has 178 valence electrons. The van der Waals surface area contributed by atoms with Gasteiger partial charge in [0.15, 0.2) is 6.61 Å². The number of benzene rings is 2. The number of amides is 1. The summed E-state index contributed by atoms with van der Waals surface area (Å²) in [6.07, 6.45) is 0. The zero-order chi connectivity index (χ0) is 25.0. The summed E-state index contributed by atoms with van der Waals surface area (Å²) >= 11 is 10.8. The summed E-state index contributed by atoms with van der Waals surface area (Å²) < 4.78 is 11.5. The maximum atomic E-state index is 12.7. The molecule has 0 unspecified atom stereocenters. The first kappa shape index (κ1) is 25.7. The van der Waals surface area contributed by atoms with E-state index in [9.17, 15) is 19.7 Å². The smallest absolute Gasteiger partial charge is 0.341 e. The summed E-state index contributed by atoms with van der Waals surface area (Å²) in [5, 5.41) is 16.4. The van der Waals surface area contributed by atoms with E-state index in [-0.39, 0.29) is 29.5 Å². The molecule has 1 N–H and O–H groups in total. The van der Waals surface area contributed by atoms with E-state index in [4.69, 9.17) is 21.1 Å². The number of carbonyl (C=O) groups is 2. The number of non-ortho nitro benzene ring substituents is 1. The molecule has 0 fully saturated rings. The van der Waals surface area contributed by atoms with E-state index in [1.165, 1.54) is 18.2 Å². The summed E-state index contributed by atoms with van der Waals surface area (Å²) in [7, 11) is 0. The highest BCUT2D eigenvalue weighted by molar-refractivity contribution is 9.10. The average Bonchev–Trinajstić information content (AvgIpc) is 3.23. The number of esters is 1. The van der Waals surface area contributed by atoms with Crippen LogP contribution in [0.4, 0.5) is 10.7 Å². The molecule has 8 nitrogen and oxygen atoms in total. The van der Waals surface area contributed by atoms with E-state index < -0.39 is 16.8 Å². The van der Waals surface area contributed by atoms with E-state index in [2.05, 4.69) is 21.2 Å². The number of carbonyl (C=O) groups excluding carboxylic acids is 2. The van der Waals surface area contributed by atoms with Crippen LogP contribution in [0.1, 0.15) is 28.4 Å². The predicted octanol–water partition coefficient (Wildman–Crippen LogP) is 6.55. The average molecular weight is 568 g/mol. The molecule has 1 aromatic heterocycles. The fourth-order valence-corrected chi connectivity index (χ4v) is 4.83. The van der Waals surface area contributed by atoms with Gasteiger partial charge in [-0.1, -0.05) is 23.7 Å². The van der Waals surface area contributed by atoms with Crippen LogP contribution < -0.4 is 10.1 Å². The molecule has 0 saturated carbocycles. The first-order chi connectivity index (χ1) is 16.1. The molecular formula is C23H20BrClN2O6S. The van der Waals surface area contributed by atoms with Gasteiger partial charge in [0, 0.05) is 28.1 Å². The maximum Gasteiger partial charge on any atom is 0.341 e. The molecule has 1 amide bonds. The second-order valence-electron chi connectivity index (χ2n) is 7.16. The Hall–Kier alpha value is -2.95. The number of nitro groups is 1. The number of thiophene rings is 1. The number of nitro benzene ring substituents is 1. The molecule has 3 rings (SSSR count). The zero-order valence-electron chi connectivity index (χ0n) is 18.4. The largest absolute Gasteiger partial charge is 0.483 e. The number of hydrogen-bond acceptors (Lipinski definition) is 7. The molecule has 0 bridgehead atoms. The number of halogens is 2. The normalized spacial score (nSPS) is 10.6. The lowest BCUT2D eigenvalue weighted by Gasteiger charge is -2.13. The monoisotopic (exact) mass is 566 g/mol. The van der Waals surface area contributed by atoms with Crippen LogP contribution in [0.15, 0.2) is 40.2 Å². The van der Waals surface area contributed by atoms with Gasteiger partial charge < -0.3 is 14.8 Å². The number of nitrogens with zero attached hydrogens (tertiary/aromatic N) is 1. The van der Waals surface area contributed by atoms with Crippen LogP contribution in [0, 0.1) is 24.0 Å². The molecule has 0 radical (unpaired) electrons. The number of aryl methyl sites for hydroxylation is 1. The minimum atomic E-state index is -0.645. The van der Waals surface area contributed by atoms with Crippen molar-refractivity contribution in [2.24, 2.45) is 0 Å². The van der Waals surface area contributed by atoms with Crippen molar-refractivity contribution in [1.82, 2.24) is 0 Å². The Morgan fingerprint density at radius 1 is 1.26 bits per heavy atom. The highest BCUT2D eigenvalue weighted by Gasteiger charge is 2.24. The molecule has 0 aliphatic rings. The predicted molar refractivity (Wildman–Crippen MR) is 135 cm³/mol. The molecular weight excluding hydrogens is 548 g/mol. The lowest BCUT2D eigenvalue weighted by molar-refractivity contribution is -0.384. The third-order valence-corrected chi connectivity index (χ3v) is 7.28. The van der Waals surface area contributed by atoms with Crippen LogP contribution in [0.25, 0.3) is 11.1 Å². The molecule has 0 aliphatic carbocycles. The molecule has 3 aromatic rings. The van der Waals surface area contributed by atoms with Crippen LogP contribution >= 0.6 is 38.9 Å². The van der Waals surface area contributed by atoms with E-state index in [1.54, 1.807) is 24.4 Å². The molecule has 1 heterocycles. The highest BCUT2D eigenvalue weighted by atomic mass is 79.9. The SMILES string of the molecule is CCOC(=O)c1c(-c2cccc([N+](=O)[O-])c2)csc1NC(=O)COc1cc(C)c(Cl)c(C)c1Br. The van der Waals surface area contributed by atoms with Gasteiger partial charge in [0.1, 0.15) is 16.3 Å². The van der Waals surface area contributed by atoms with Gasteiger partial charge in [0.05, 0.1) is 16.0 Å². The fraction of sp³-hybridized carbons (Fsp3) is 0.217. The van der Waals surface area contributed by atoms with Gasteiger partial charge >= 0.3 is 5.97 Å². The summed E-state index contributed by atoms with van der Waals surface area (Å²) in [5.74, 6) is -0.674. The van der Waals surface area contributed by atoms with Crippen LogP contribution in [0.2, 0.25) is 5.02 Å². The van der Waals surface area contributed by atoms with Crippen molar-refractivity contribution in [3.8, 4) is 16.9 Å². The topological polar surface area (TPSA) is 108 Å². The van der Waals surface area contributed by atoms with Crippen LogP contribution in [0.3, 0.4) is 0 Å². The third kappa shape index (κ3) is 5.57. The molecule has 0 saturated heterocycles. The van der Waals surface area contributed by atoms with Crippen LogP contribution in [-0.4, -0.2) is 30.0 Å². The van der Waals surface area contributed by atoms with Crippen molar-refractivity contribution in [2.45, 2.75) is 20.8 Å². The summed E-state index contributed by atoms with van der Waals surface area (Å²) in [4.78, 5) is 36.0. The second-order valence-corrected chi connectivity index (χ2v) is 9.21. The molecule has 11 heteroatoms. The Morgan fingerprint density at radius 2 is 2.00 bits per heavy atom. The summed E-state index contributed by atoms with van der Waals surface area (Å²) in [6, 6.07) is 7.62. The lowest BCUT2D eigenvalue weighted by Crippen LogP contribution is -2.21. The van der Waals surface area contributed by atoms with Crippen LogP contribution in [0.5, 0.6) is 5.75 Å². The third-order valence-electron chi connectivity index (χ3n) is 4.82. The van der Waals surface area contributed by atoms with Gasteiger partial charge in [-0.05, 0) is 59.5 Å². The summed E-state index contributed by atoms with van der Waals surface area (Å²) in [5.41, 5.74) is 2.50. The standard InChI is InChI=1S/C23H20BrClN2O6S/c1-4-32-23(29)19-16(14-6-5-7-15(9-14)27(30)31)11-34-22(19)26-18(28)10-33-17-8-12(2)21(25)13(3)20(17)24/h5-9,11H,4,10H2,1-3H3,(H,26,28). The minimum absolute atomic E-state index is 0.114. The van der Waals surface area contributed by atoms with Crippen molar-refractivity contribution in [3.05, 3.63) is 72.0 Å². The lowest BCUT2D eigenvalue weighted by atomic mass is 10.0. The molecule has 0 spiro atoms. The van der Waals surface area contributed by atoms with Gasteiger partial charge in [0.2, 0.25) is 0 Å². The molecule has 2 aromatic carbocycles. The van der Waals surface area contributed by atoms with Gasteiger partial charge in [-0.15, -0.1) is 11.3 Å². The molecule has 0 aliphatic heterocycles. The highest BCUT2D eigenvalue weighted by Crippen LogP contribution is 2.38. The second kappa shape index (κ2) is 11.0. The van der Waals surface area contributed by atoms with Crippen molar-refractivity contribution < 1.29 is 24.0 Å². The van der Waals surface area contributed by atoms with Gasteiger partial charge in [0.25, 0.3) is 11.6 Å². The quantitative estimate of drug-likeness (QED) is 0.188. The van der Waals surface area contributed by atoms with Crippen molar-refractivity contribution >= 4 is 61.4 Å². The molecule has 34 heavy (non-hydrogen) atoms. The van der Waals surface area contributed by atoms with Gasteiger partial charge in [-0.2, -0.15) is 0 Å². The Balaban J connectivity index is 1.86. The Kier molecular flexibility index (Phi) is 8.29. The number of nitrogens with one attached hydrogen (secondary N) is 1. The summed E-state index contributed by atoms with van der Waals surface area (Å²) in [6.45, 7) is 5.14. The Labute approximate surface area is 213 Å². The van der Waals surface area contributed by atoms with Crippen molar-refractivity contribution in [1.29, 1.82) is 0 Å². The van der Waals surface area contributed by atoms with E-state index in [1.807, 2.05) is 13.8 Å². The maximum absolute atomic E-state index is 12.7. The minimum Gasteiger partial charge on any atom is -0.483 e. The molecule has 0 atom stereocenters. The number of rotatable bonds is 8. The van der Waals surface area contributed by atoms with Gasteiger partial charge in [-0.25, -0.2) is 4.79 Å². The fourth-order valence-electron chi connectivity index (χ4n) is 3.17. The Morgan fingerprint density at radius 3 is 2.68 bits per heavy atom. The van der Waals surface area contributed by atoms with E-state index in [0.29, 0.717) is 26.4 Å². The van der Waals surface area contributed by atoms with Crippen molar-refractivity contribution in [2.75, 3.05) is 18.5 Å². The number of ether oxygens (including phenoxy) is 2. The van der Waals surface area contributed by atoms with E-state index in [0.717, 1.165) is 22.5 Å². The number of hydrogen-bond donors (Lipinski definition) is 1. The first-order valence-electron chi connectivity index (χ1n) is 10.0. The van der Waals surface area contributed by atoms with Gasteiger partial charge in [-0.3, -0.25) is 14.9 Å². The van der Waals surface area contributed by atoms with E-state index >= 15 is 0 Å². The number of anilines is 1. The van der Waals surface area contributed by atoms with Crippen molar-refractivity contribution in [3.63, 3.8) is 0 Å². The van der Waals surface area contributed by atoms with Crippen LogP contribution in [-0.2, 0) is 9.53 Å².